The summed E-state index contributed by atoms with van der Waals surface area (Å²) in [4.78, 5) is 16.9. The molecule has 1 N–H and O–H groups in total. The largest absolute Gasteiger partial charge is 0.510 e. The van der Waals surface area contributed by atoms with E-state index in [1.165, 1.54) is 0 Å². The van der Waals surface area contributed by atoms with Crippen molar-refractivity contribution in [1.29, 1.82) is 0 Å². The van der Waals surface area contributed by atoms with Crippen LogP contribution in [0, 0.1) is 0 Å². The van der Waals surface area contributed by atoms with Gasteiger partial charge in [0.05, 0.1) is 11.0 Å². The van der Waals surface area contributed by atoms with Crippen molar-refractivity contribution in [3.05, 3.63) is 58.9 Å². The minimum Gasteiger partial charge on any atom is -0.510 e. The van der Waals surface area contributed by atoms with Crippen LogP contribution in [0.1, 0.15) is 26.3 Å². The van der Waals surface area contributed by atoms with Gasteiger partial charge >= 0.3 is 0 Å². The first kappa shape index (κ1) is 16.4. The zero-order valence-electron chi connectivity index (χ0n) is 12.9. The Morgan fingerprint density at radius 1 is 1.41 bits per heavy atom. The van der Waals surface area contributed by atoms with Crippen molar-refractivity contribution in [2.24, 2.45) is 5.16 Å². The van der Waals surface area contributed by atoms with Crippen molar-refractivity contribution in [3.8, 4) is 0 Å². The number of hydrogen-bond acceptors (Lipinski definition) is 5. The van der Waals surface area contributed by atoms with Crippen LogP contribution in [0.15, 0.2) is 58.5 Å². The smallest absolute Gasteiger partial charge is 0.219 e. The molecule has 0 saturated carbocycles. The molecule has 1 aliphatic heterocycles. The van der Waals surface area contributed by atoms with Crippen molar-refractivity contribution < 1.29 is 14.7 Å². The lowest BCUT2D eigenvalue weighted by molar-refractivity contribution is -0.107. The van der Waals surface area contributed by atoms with E-state index in [1.807, 2.05) is 50.3 Å². The maximum absolute atomic E-state index is 11.7. The number of nitrogens with zero attached hydrogens (tertiary/aromatic N) is 1. The molecule has 1 aromatic rings. The van der Waals surface area contributed by atoms with Gasteiger partial charge in [-0.1, -0.05) is 53.3 Å². The number of aliphatic hydroxyl groups excluding tert-OH is 1. The Bertz CT molecular complexity index is 649. The van der Waals surface area contributed by atoms with E-state index in [0.29, 0.717) is 12.2 Å². The molecule has 1 aromatic carbocycles. The molecule has 1 aliphatic rings. The summed E-state index contributed by atoms with van der Waals surface area (Å²) in [5.41, 5.74) is 2.27. The molecule has 22 heavy (non-hydrogen) atoms. The van der Waals surface area contributed by atoms with Crippen LogP contribution in [0.5, 0.6) is 0 Å². The van der Waals surface area contributed by atoms with Gasteiger partial charge in [-0.25, -0.2) is 0 Å². The van der Waals surface area contributed by atoms with Crippen molar-refractivity contribution in [2.45, 2.75) is 32.1 Å². The first-order valence-electron chi connectivity index (χ1n) is 6.95. The summed E-state index contributed by atoms with van der Waals surface area (Å²) in [7, 11) is 0. The molecule has 0 aliphatic carbocycles. The lowest BCUT2D eigenvalue weighted by atomic mass is 10.0. The Labute approximate surface area is 134 Å². The number of allylic oxidation sites excluding steroid dienone is 1. The Hall–Kier alpha value is -2.01. The molecule has 116 valence electrons. The van der Waals surface area contributed by atoms with E-state index in [-0.39, 0.29) is 10.9 Å². The molecule has 2 rings (SSSR count). The SMILES string of the molecule is CC1=C(O)[C@@](C)(/C=C(C)/C=N/OCc2ccccc2)SC1=O. The van der Waals surface area contributed by atoms with Gasteiger partial charge in [0.15, 0.2) is 0 Å². The van der Waals surface area contributed by atoms with E-state index >= 15 is 0 Å². The number of thioether (sulfide) groups is 1. The highest BCUT2D eigenvalue weighted by atomic mass is 32.2. The second-order valence-electron chi connectivity index (χ2n) is 5.35. The number of aliphatic hydroxyl groups is 1. The van der Waals surface area contributed by atoms with Crippen molar-refractivity contribution in [3.63, 3.8) is 0 Å². The molecule has 0 spiro atoms. The quantitative estimate of drug-likeness (QED) is 0.659. The third kappa shape index (κ3) is 3.80. The maximum atomic E-state index is 11.7. The van der Waals surface area contributed by atoms with Gasteiger partial charge < -0.3 is 9.94 Å². The van der Waals surface area contributed by atoms with Crippen LogP contribution in [0.25, 0.3) is 0 Å². The molecule has 5 heteroatoms. The highest BCUT2D eigenvalue weighted by Crippen LogP contribution is 2.43. The molecule has 0 saturated heterocycles. The van der Waals surface area contributed by atoms with E-state index in [0.717, 1.165) is 22.9 Å². The van der Waals surface area contributed by atoms with Crippen molar-refractivity contribution >= 4 is 23.1 Å². The first-order valence-corrected chi connectivity index (χ1v) is 7.76. The molecule has 0 radical (unpaired) electrons. The number of carbonyl (C=O) groups excluding carboxylic acids is 1. The maximum Gasteiger partial charge on any atom is 0.219 e. The number of benzene rings is 1. The normalized spacial score (nSPS) is 22.7. The van der Waals surface area contributed by atoms with Gasteiger partial charge in [0.1, 0.15) is 12.4 Å². The van der Waals surface area contributed by atoms with Crippen LogP contribution < -0.4 is 0 Å². The standard InChI is InChI=1S/C17H19NO3S/c1-12(9-17(3)15(19)13(2)16(20)22-17)10-18-21-11-14-7-5-4-6-8-14/h4-10,19H,11H2,1-3H3/b12-9+,18-10+/t17-/m1/s1. The summed E-state index contributed by atoms with van der Waals surface area (Å²) in [6.45, 7) is 5.70. The van der Waals surface area contributed by atoms with Crippen LogP contribution in [-0.4, -0.2) is 21.2 Å². The minimum absolute atomic E-state index is 0.0960. The van der Waals surface area contributed by atoms with Gasteiger partial charge in [-0.05, 0) is 31.9 Å². The van der Waals surface area contributed by atoms with Gasteiger partial charge in [0.25, 0.3) is 0 Å². The molecule has 0 aromatic heterocycles. The van der Waals surface area contributed by atoms with Crippen LogP contribution in [0.2, 0.25) is 0 Å². The van der Waals surface area contributed by atoms with E-state index in [9.17, 15) is 9.90 Å². The van der Waals surface area contributed by atoms with Crippen LogP contribution in [0.4, 0.5) is 0 Å². The zero-order chi connectivity index (χ0) is 16.2. The minimum atomic E-state index is -0.725. The predicted molar refractivity (Wildman–Crippen MR) is 89.8 cm³/mol. The van der Waals surface area contributed by atoms with Gasteiger partial charge in [0.2, 0.25) is 5.12 Å². The van der Waals surface area contributed by atoms with E-state index in [1.54, 1.807) is 13.1 Å². The third-order valence-corrected chi connectivity index (χ3v) is 4.57. The number of hydrogen-bond donors (Lipinski definition) is 1. The van der Waals surface area contributed by atoms with Gasteiger partial charge in [-0.3, -0.25) is 4.79 Å². The number of oxime groups is 1. The van der Waals surface area contributed by atoms with E-state index in [4.69, 9.17) is 4.84 Å². The summed E-state index contributed by atoms with van der Waals surface area (Å²) in [6, 6.07) is 9.76. The zero-order valence-corrected chi connectivity index (χ0v) is 13.7. The molecule has 1 heterocycles. The van der Waals surface area contributed by atoms with Crippen molar-refractivity contribution in [2.75, 3.05) is 0 Å². The molecule has 0 bridgehead atoms. The van der Waals surface area contributed by atoms with Crippen LogP contribution >= 0.6 is 11.8 Å². The second kappa shape index (κ2) is 6.83. The Morgan fingerprint density at radius 2 is 2.09 bits per heavy atom. The highest BCUT2D eigenvalue weighted by molar-refractivity contribution is 8.16. The fraction of sp³-hybridized carbons (Fsp3) is 0.294. The molecular formula is C17H19NO3S. The van der Waals surface area contributed by atoms with E-state index in [2.05, 4.69) is 5.16 Å². The lowest BCUT2D eigenvalue weighted by Crippen LogP contribution is -2.17. The monoisotopic (exact) mass is 317 g/mol. The average molecular weight is 317 g/mol. The van der Waals surface area contributed by atoms with Gasteiger partial charge in [0, 0.05) is 5.57 Å². The average Bonchev–Trinajstić information content (AvgIpc) is 2.68. The molecule has 4 nitrogen and oxygen atoms in total. The fourth-order valence-corrected chi connectivity index (χ4v) is 3.29. The van der Waals surface area contributed by atoms with Crippen LogP contribution in [-0.2, 0) is 16.2 Å². The molecule has 1 atom stereocenters. The molecular weight excluding hydrogens is 298 g/mol. The Kier molecular flexibility index (Phi) is 5.08. The van der Waals surface area contributed by atoms with Crippen LogP contribution in [0.3, 0.4) is 0 Å². The number of carbonyl (C=O) groups is 1. The molecule has 0 amide bonds. The topological polar surface area (TPSA) is 58.9 Å². The summed E-state index contributed by atoms with van der Waals surface area (Å²) in [5.74, 6) is 0.112. The van der Waals surface area contributed by atoms with E-state index < -0.39 is 4.75 Å². The predicted octanol–water partition coefficient (Wildman–Crippen LogP) is 4.00. The Balaban J connectivity index is 1.96. The fourth-order valence-electron chi connectivity index (χ4n) is 2.16. The third-order valence-electron chi connectivity index (χ3n) is 3.34. The number of rotatable bonds is 5. The summed E-state index contributed by atoms with van der Waals surface area (Å²) in [6.07, 6.45) is 3.40. The Morgan fingerprint density at radius 3 is 2.68 bits per heavy atom. The molecule has 0 unspecified atom stereocenters. The van der Waals surface area contributed by atoms with Gasteiger partial charge in [-0.2, -0.15) is 0 Å². The highest BCUT2D eigenvalue weighted by Gasteiger charge is 2.40. The summed E-state index contributed by atoms with van der Waals surface area (Å²) < 4.78 is -0.725. The van der Waals surface area contributed by atoms with Crippen molar-refractivity contribution in [1.82, 2.24) is 0 Å². The second-order valence-corrected chi connectivity index (χ2v) is 6.78. The molecule has 0 fully saturated rings. The summed E-state index contributed by atoms with van der Waals surface area (Å²) in [5, 5.41) is 13.9. The first-order chi connectivity index (χ1) is 10.4. The van der Waals surface area contributed by atoms with Gasteiger partial charge in [-0.15, -0.1) is 0 Å². The lowest BCUT2D eigenvalue weighted by Gasteiger charge is -2.18. The summed E-state index contributed by atoms with van der Waals surface area (Å²) >= 11 is 1.11.